The van der Waals surface area contributed by atoms with E-state index in [1.165, 1.54) is 16.6 Å². The van der Waals surface area contributed by atoms with Gasteiger partial charge in [0.2, 0.25) is 0 Å². The molecule has 0 spiro atoms. The number of aromatic nitrogens is 2. The fourth-order valence-corrected chi connectivity index (χ4v) is 2.10. The number of rotatable bonds is 3. The molecular weight excluding hydrogens is 184 g/mol. The van der Waals surface area contributed by atoms with Crippen molar-refractivity contribution in [3.63, 3.8) is 0 Å². The van der Waals surface area contributed by atoms with Crippen LogP contribution in [0.2, 0.25) is 0 Å². The highest BCUT2D eigenvalue weighted by molar-refractivity contribution is 5.80. The molecular formula is C13H18N2. The van der Waals surface area contributed by atoms with Crippen LogP contribution in [0.15, 0.2) is 18.3 Å². The summed E-state index contributed by atoms with van der Waals surface area (Å²) in [5, 5.41) is 1.31. The Morgan fingerprint density at radius 1 is 1.33 bits per heavy atom. The van der Waals surface area contributed by atoms with Crippen LogP contribution in [0, 0.1) is 6.92 Å². The zero-order valence-electron chi connectivity index (χ0n) is 9.75. The van der Waals surface area contributed by atoms with Crippen LogP contribution in [-0.2, 0) is 13.0 Å². The normalized spacial score (nSPS) is 11.1. The first kappa shape index (κ1) is 10.2. The molecule has 2 rings (SSSR count). The van der Waals surface area contributed by atoms with E-state index in [4.69, 9.17) is 0 Å². The van der Waals surface area contributed by atoms with Crippen molar-refractivity contribution in [1.29, 1.82) is 0 Å². The first-order valence-corrected chi connectivity index (χ1v) is 5.71. The van der Waals surface area contributed by atoms with E-state index in [0.717, 1.165) is 25.0 Å². The summed E-state index contributed by atoms with van der Waals surface area (Å²) < 4.78 is 2.35. The van der Waals surface area contributed by atoms with Gasteiger partial charge in [0.25, 0.3) is 0 Å². The molecule has 0 amide bonds. The highest BCUT2D eigenvalue weighted by atomic mass is 15.0. The maximum absolute atomic E-state index is 4.49. The molecule has 0 aliphatic rings. The predicted octanol–water partition coefficient (Wildman–Crippen LogP) is 3.32. The Bertz CT molecular complexity index is 469. The van der Waals surface area contributed by atoms with Crippen molar-refractivity contribution >= 4 is 11.0 Å². The third-order valence-electron chi connectivity index (χ3n) is 2.91. The summed E-state index contributed by atoms with van der Waals surface area (Å²) in [6.07, 6.45) is 4.14. The van der Waals surface area contributed by atoms with E-state index in [1.807, 2.05) is 6.20 Å². The van der Waals surface area contributed by atoms with Gasteiger partial charge in [0.1, 0.15) is 5.65 Å². The molecule has 15 heavy (non-hydrogen) atoms. The molecule has 80 valence electrons. The van der Waals surface area contributed by atoms with Gasteiger partial charge in [0.05, 0.1) is 0 Å². The van der Waals surface area contributed by atoms with Gasteiger partial charge in [-0.15, -0.1) is 0 Å². The molecule has 2 aromatic heterocycles. The summed E-state index contributed by atoms with van der Waals surface area (Å²) in [4.78, 5) is 4.49. The van der Waals surface area contributed by atoms with Gasteiger partial charge in [-0.1, -0.05) is 13.8 Å². The highest BCUT2D eigenvalue weighted by Crippen LogP contribution is 2.21. The lowest BCUT2D eigenvalue weighted by Crippen LogP contribution is -2.02. The smallest absolute Gasteiger partial charge is 0.140 e. The lowest BCUT2D eigenvalue weighted by atomic mass is 10.2. The van der Waals surface area contributed by atoms with Gasteiger partial charge >= 0.3 is 0 Å². The van der Waals surface area contributed by atoms with Crippen LogP contribution in [0.3, 0.4) is 0 Å². The summed E-state index contributed by atoms with van der Waals surface area (Å²) in [6.45, 7) is 7.64. The van der Waals surface area contributed by atoms with Crippen LogP contribution in [-0.4, -0.2) is 9.55 Å². The van der Waals surface area contributed by atoms with E-state index in [2.05, 4.69) is 42.5 Å². The average molecular weight is 202 g/mol. The molecule has 2 heterocycles. The first-order valence-electron chi connectivity index (χ1n) is 5.71. The van der Waals surface area contributed by atoms with Crippen molar-refractivity contribution in [2.75, 3.05) is 0 Å². The third kappa shape index (κ3) is 1.65. The Balaban J connectivity index is 2.68. The van der Waals surface area contributed by atoms with Gasteiger partial charge in [-0.2, -0.15) is 0 Å². The fraction of sp³-hybridized carbons (Fsp3) is 0.462. The van der Waals surface area contributed by atoms with Gasteiger partial charge in [-0.05, 0) is 37.5 Å². The Hall–Kier alpha value is -1.31. The topological polar surface area (TPSA) is 17.8 Å². The number of pyridine rings is 1. The molecule has 0 aromatic carbocycles. The summed E-state index contributed by atoms with van der Waals surface area (Å²) in [5.74, 6) is 0. The van der Waals surface area contributed by atoms with E-state index in [0.29, 0.717) is 0 Å². The molecule has 0 saturated heterocycles. The van der Waals surface area contributed by atoms with Gasteiger partial charge in [0, 0.05) is 23.8 Å². The standard InChI is InChI=1S/C13H18N2/c1-4-8-15-11(5-2)9-12-10(3)6-7-14-13(12)15/h6-7,9H,4-5,8H2,1-3H3. The van der Waals surface area contributed by atoms with Crippen LogP contribution >= 0.6 is 0 Å². The van der Waals surface area contributed by atoms with Gasteiger partial charge in [-0.25, -0.2) is 4.98 Å². The van der Waals surface area contributed by atoms with Gasteiger partial charge < -0.3 is 4.57 Å². The molecule has 2 aromatic rings. The summed E-state index contributed by atoms with van der Waals surface area (Å²) >= 11 is 0. The minimum atomic E-state index is 1.07. The number of hydrogen-bond acceptors (Lipinski definition) is 1. The van der Waals surface area contributed by atoms with E-state index >= 15 is 0 Å². The van der Waals surface area contributed by atoms with Crippen LogP contribution < -0.4 is 0 Å². The second-order valence-corrected chi connectivity index (χ2v) is 4.01. The minimum absolute atomic E-state index is 1.07. The lowest BCUT2D eigenvalue weighted by Gasteiger charge is -2.06. The van der Waals surface area contributed by atoms with E-state index < -0.39 is 0 Å². The number of fused-ring (bicyclic) bond motifs is 1. The second-order valence-electron chi connectivity index (χ2n) is 4.01. The van der Waals surface area contributed by atoms with E-state index in [1.54, 1.807) is 0 Å². The molecule has 0 radical (unpaired) electrons. The molecule has 2 nitrogen and oxygen atoms in total. The molecule has 0 saturated carbocycles. The van der Waals surface area contributed by atoms with Crippen molar-refractivity contribution < 1.29 is 0 Å². The van der Waals surface area contributed by atoms with Crippen LogP contribution in [0.25, 0.3) is 11.0 Å². The SMILES string of the molecule is CCCn1c(CC)cc2c(C)ccnc21. The monoisotopic (exact) mass is 202 g/mol. The number of aryl methyl sites for hydroxylation is 3. The molecule has 0 unspecified atom stereocenters. The van der Waals surface area contributed by atoms with Crippen molar-refractivity contribution in [3.8, 4) is 0 Å². The maximum Gasteiger partial charge on any atom is 0.140 e. The molecule has 0 aliphatic carbocycles. The molecule has 0 atom stereocenters. The highest BCUT2D eigenvalue weighted by Gasteiger charge is 2.08. The second kappa shape index (κ2) is 4.05. The largest absolute Gasteiger partial charge is 0.330 e. The Morgan fingerprint density at radius 3 is 2.80 bits per heavy atom. The van der Waals surface area contributed by atoms with E-state index in [9.17, 15) is 0 Å². The van der Waals surface area contributed by atoms with Crippen molar-refractivity contribution in [3.05, 3.63) is 29.6 Å². The summed E-state index contributed by atoms with van der Waals surface area (Å²) in [5.41, 5.74) is 3.87. The predicted molar refractivity (Wildman–Crippen MR) is 64.1 cm³/mol. The van der Waals surface area contributed by atoms with Gasteiger partial charge in [0.15, 0.2) is 0 Å². The molecule has 0 N–H and O–H groups in total. The van der Waals surface area contributed by atoms with Crippen molar-refractivity contribution in [1.82, 2.24) is 9.55 Å². The van der Waals surface area contributed by atoms with Crippen molar-refractivity contribution in [2.24, 2.45) is 0 Å². The number of hydrogen-bond donors (Lipinski definition) is 0. The number of nitrogens with zero attached hydrogens (tertiary/aromatic N) is 2. The first-order chi connectivity index (χ1) is 7.27. The quantitative estimate of drug-likeness (QED) is 0.746. The van der Waals surface area contributed by atoms with Crippen LogP contribution in [0.4, 0.5) is 0 Å². The third-order valence-corrected chi connectivity index (χ3v) is 2.91. The fourth-order valence-electron chi connectivity index (χ4n) is 2.10. The van der Waals surface area contributed by atoms with Crippen LogP contribution in [0.1, 0.15) is 31.5 Å². The summed E-state index contributed by atoms with van der Waals surface area (Å²) in [6, 6.07) is 4.37. The molecule has 0 bridgehead atoms. The van der Waals surface area contributed by atoms with Crippen LogP contribution in [0.5, 0.6) is 0 Å². The molecule has 0 fully saturated rings. The Morgan fingerprint density at radius 2 is 2.13 bits per heavy atom. The molecule has 2 heteroatoms. The zero-order valence-corrected chi connectivity index (χ0v) is 9.75. The van der Waals surface area contributed by atoms with E-state index in [-0.39, 0.29) is 0 Å². The average Bonchev–Trinajstić information content (AvgIpc) is 2.59. The zero-order chi connectivity index (χ0) is 10.8. The summed E-state index contributed by atoms with van der Waals surface area (Å²) in [7, 11) is 0. The Labute approximate surface area is 90.9 Å². The molecule has 0 aliphatic heterocycles. The Kier molecular flexibility index (Phi) is 2.76. The lowest BCUT2D eigenvalue weighted by molar-refractivity contribution is 0.667. The minimum Gasteiger partial charge on any atom is -0.330 e. The van der Waals surface area contributed by atoms with Crippen molar-refractivity contribution in [2.45, 2.75) is 40.2 Å². The van der Waals surface area contributed by atoms with Gasteiger partial charge in [-0.3, -0.25) is 0 Å². The maximum atomic E-state index is 4.49.